The number of aromatic nitrogens is 4. The van der Waals surface area contributed by atoms with E-state index >= 15 is 0 Å². The second-order valence-corrected chi connectivity index (χ2v) is 5.05. The van der Waals surface area contributed by atoms with Crippen LogP contribution in [0.3, 0.4) is 0 Å². The summed E-state index contributed by atoms with van der Waals surface area (Å²) in [5.41, 5.74) is 7.34. The van der Waals surface area contributed by atoms with Crippen molar-refractivity contribution >= 4 is 17.3 Å². The van der Waals surface area contributed by atoms with Crippen molar-refractivity contribution in [1.82, 2.24) is 20.2 Å². The number of benzene rings is 1. The topological polar surface area (TPSA) is 78.8 Å². The van der Waals surface area contributed by atoms with Crippen molar-refractivity contribution in [2.45, 2.75) is 25.5 Å². The van der Waals surface area contributed by atoms with E-state index < -0.39 is 0 Å². The van der Waals surface area contributed by atoms with E-state index in [4.69, 9.17) is 22.1 Å². The summed E-state index contributed by atoms with van der Waals surface area (Å²) in [6.07, 6.45) is 0.989. The molecule has 1 aromatic heterocycles. The van der Waals surface area contributed by atoms with Crippen LogP contribution in [0.25, 0.3) is 11.4 Å². The van der Waals surface area contributed by atoms with E-state index in [0.29, 0.717) is 16.5 Å². The predicted molar refractivity (Wildman–Crippen MR) is 71.7 cm³/mol. The number of nitrogen functional groups attached to an aromatic ring is 1. The second-order valence-electron chi connectivity index (χ2n) is 4.61. The van der Waals surface area contributed by atoms with Gasteiger partial charge >= 0.3 is 0 Å². The van der Waals surface area contributed by atoms with E-state index in [1.807, 2.05) is 13.0 Å². The third kappa shape index (κ3) is 2.17. The monoisotopic (exact) mass is 279 g/mol. The predicted octanol–water partition coefficient (Wildman–Crippen LogP) is 1.93. The maximum absolute atomic E-state index is 5.99. The molecule has 2 atom stereocenters. The van der Waals surface area contributed by atoms with Crippen LogP contribution in [0.5, 0.6) is 0 Å². The van der Waals surface area contributed by atoms with Crippen LogP contribution in [-0.4, -0.2) is 32.9 Å². The number of hydrogen-bond donors (Lipinski definition) is 1. The largest absolute Gasteiger partial charge is 0.398 e. The molecule has 2 heterocycles. The molecule has 0 radical (unpaired) electrons. The molecule has 2 unspecified atom stereocenters. The van der Waals surface area contributed by atoms with Gasteiger partial charge in [-0.15, -0.1) is 5.10 Å². The van der Waals surface area contributed by atoms with Gasteiger partial charge in [0.2, 0.25) is 0 Å². The number of nitrogens with zero attached hydrogens (tertiary/aromatic N) is 4. The number of halogens is 1. The van der Waals surface area contributed by atoms with Crippen molar-refractivity contribution < 1.29 is 4.74 Å². The molecule has 19 heavy (non-hydrogen) atoms. The summed E-state index contributed by atoms with van der Waals surface area (Å²) < 4.78 is 7.35. The van der Waals surface area contributed by atoms with E-state index in [9.17, 15) is 0 Å². The minimum Gasteiger partial charge on any atom is -0.398 e. The van der Waals surface area contributed by atoms with E-state index in [0.717, 1.165) is 18.6 Å². The van der Waals surface area contributed by atoms with E-state index in [-0.39, 0.29) is 12.1 Å². The van der Waals surface area contributed by atoms with Crippen LogP contribution in [0.4, 0.5) is 5.69 Å². The van der Waals surface area contributed by atoms with Gasteiger partial charge in [-0.2, -0.15) is 0 Å². The first-order valence-electron chi connectivity index (χ1n) is 6.11. The fraction of sp³-hybridized carbons (Fsp3) is 0.417. The van der Waals surface area contributed by atoms with Gasteiger partial charge in [0.25, 0.3) is 0 Å². The van der Waals surface area contributed by atoms with Crippen molar-refractivity contribution in [3.05, 3.63) is 23.2 Å². The molecule has 6 nitrogen and oxygen atoms in total. The molecule has 1 aromatic carbocycles. The molecule has 1 aliphatic rings. The van der Waals surface area contributed by atoms with Crippen molar-refractivity contribution in [3.8, 4) is 11.4 Å². The summed E-state index contributed by atoms with van der Waals surface area (Å²) in [4.78, 5) is 0. The zero-order valence-electron chi connectivity index (χ0n) is 10.5. The SMILES string of the molecule is CC1OCCC1n1nnnc1-c1ccc(Cl)cc1N. The first-order valence-corrected chi connectivity index (χ1v) is 6.49. The third-order valence-electron chi connectivity index (χ3n) is 3.40. The van der Waals surface area contributed by atoms with Gasteiger partial charge in [-0.25, -0.2) is 4.68 Å². The molecule has 2 aromatic rings. The van der Waals surface area contributed by atoms with Crippen molar-refractivity contribution in [2.24, 2.45) is 0 Å². The fourth-order valence-electron chi connectivity index (χ4n) is 2.37. The van der Waals surface area contributed by atoms with Gasteiger partial charge in [-0.05, 0) is 42.0 Å². The van der Waals surface area contributed by atoms with E-state index in [1.165, 1.54) is 0 Å². The van der Waals surface area contributed by atoms with Crippen molar-refractivity contribution in [2.75, 3.05) is 12.3 Å². The molecule has 0 bridgehead atoms. The molecule has 2 N–H and O–H groups in total. The van der Waals surface area contributed by atoms with Crippen LogP contribution in [0.1, 0.15) is 19.4 Å². The van der Waals surface area contributed by atoms with Gasteiger partial charge in [0.15, 0.2) is 5.82 Å². The number of anilines is 1. The molecule has 0 saturated carbocycles. The lowest BCUT2D eigenvalue weighted by molar-refractivity contribution is 0.105. The van der Waals surface area contributed by atoms with Crippen molar-refractivity contribution in [1.29, 1.82) is 0 Å². The normalized spacial score (nSPS) is 22.8. The molecular weight excluding hydrogens is 266 g/mol. The summed E-state index contributed by atoms with van der Waals surface area (Å²) in [7, 11) is 0. The van der Waals surface area contributed by atoms with Crippen LogP contribution < -0.4 is 5.73 Å². The molecular formula is C12H14ClN5O. The Morgan fingerprint density at radius 1 is 1.47 bits per heavy atom. The van der Waals surface area contributed by atoms with Gasteiger partial charge in [0.1, 0.15) is 0 Å². The van der Waals surface area contributed by atoms with Gasteiger partial charge in [0, 0.05) is 22.9 Å². The molecule has 100 valence electrons. The average Bonchev–Trinajstić information content (AvgIpc) is 2.97. The summed E-state index contributed by atoms with van der Waals surface area (Å²) in [5.74, 6) is 0.650. The lowest BCUT2D eigenvalue weighted by Crippen LogP contribution is -2.19. The van der Waals surface area contributed by atoms with Gasteiger partial charge in [0.05, 0.1) is 12.1 Å². The number of rotatable bonds is 2. The van der Waals surface area contributed by atoms with Crippen LogP contribution in [-0.2, 0) is 4.74 Å². The molecule has 3 rings (SSSR count). The first kappa shape index (κ1) is 12.4. The Kier molecular flexibility index (Phi) is 3.12. The Balaban J connectivity index is 2.04. The second kappa shape index (κ2) is 4.79. The molecule has 1 saturated heterocycles. The fourth-order valence-corrected chi connectivity index (χ4v) is 2.55. The van der Waals surface area contributed by atoms with Crippen molar-refractivity contribution in [3.63, 3.8) is 0 Å². The minimum absolute atomic E-state index is 0.0933. The number of nitrogens with two attached hydrogens (primary N) is 1. The first-order chi connectivity index (χ1) is 9.16. The Bertz CT molecular complexity index is 600. The summed E-state index contributed by atoms with van der Waals surface area (Å²) >= 11 is 5.91. The number of tetrazole rings is 1. The zero-order valence-corrected chi connectivity index (χ0v) is 11.2. The Morgan fingerprint density at radius 3 is 3.00 bits per heavy atom. The highest BCUT2D eigenvalue weighted by molar-refractivity contribution is 6.31. The van der Waals surface area contributed by atoms with Crippen LogP contribution in [0, 0.1) is 0 Å². The lowest BCUT2D eigenvalue weighted by atomic mass is 10.1. The number of ether oxygens (including phenoxy) is 1. The van der Waals surface area contributed by atoms with Crippen LogP contribution in [0.15, 0.2) is 18.2 Å². The molecule has 1 fully saturated rings. The molecule has 0 amide bonds. The quantitative estimate of drug-likeness (QED) is 0.850. The Hall–Kier alpha value is -1.66. The standard InChI is InChI=1S/C12H14ClN5O/c1-7-11(4-5-19-7)18-12(15-16-17-18)9-3-2-8(13)6-10(9)14/h2-3,6-7,11H,4-5,14H2,1H3. The lowest BCUT2D eigenvalue weighted by Gasteiger charge is -2.16. The molecule has 7 heteroatoms. The minimum atomic E-state index is 0.0933. The van der Waals surface area contributed by atoms with Crippen LogP contribution >= 0.6 is 11.6 Å². The van der Waals surface area contributed by atoms with Gasteiger partial charge in [-0.1, -0.05) is 11.6 Å². The third-order valence-corrected chi connectivity index (χ3v) is 3.63. The number of hydrogen-bond acceptors (Lipinski definition) is 5. The highest BCUT2D eigenvalue weighted by Gasteiger charge is 2.29. The highest BCUT2D eigenvalue weighted by atomic mass is 35.5. The van der Waals surface area contributed by atoms with E-state index in [1.54, 1.807) is 16.8 Å². The summed E-state index contributed by atoms with van der Waals surface area (Å²) in [6, 6.07) is 5.45. The zero-order chi connectivity index (χ0) is 13.4. The maximum atomic E-state index is 5.99. The van der Waals surface area contributed by atoms with Gasteiger partial charge in [-0.3, -0.25) is 0 Å². The summed E-state index contributed by atoms with van der Waals surface area (Å²) in [5, 5.41) is 12.5. The van der Waals surface area contributed by atoms with Crippen LogP contribution in [0.2, 0.25) is 5.02 Å². The van der Waals surface area contributed by atoms with Gasteiger partial charge < -0.3 is 10.5 Å². The Labute approximate surface area is 115 Å². The van der Waals surface area contributed by atoms with E-state index in [2.05, 4.69) is 15.5 Å². The molecule has 0 aliphatic carbocycles. The Morgan fingerprint density at radius 2 is 2.32 bits per heavy atom. The molecule has 1 aliphatic heterocycles. The maximum Gasteiger partial charge on any atom is 0.184 e. The summed E-state index contributed by atoms with van der Waals surface area (Å²) in [6.45, 7) is 2.75. The highest BCUT2D eigenvalue weighted by Crippen LogP contribution is 2.32. The average molecular weight is 280 g/mol. The smallest absolute Gasteiger partial charge is 0.184 e. The molecule has 0 spiro atoms.